The van der Waals surface area contributed by atoms with E-state index >= 15 is 0 Å². The number of hydrogen-bond donors (Lipinski definition) is 0. The van der Waals surface area contributed by atoms with E-state index in [1.807, 2.05) is 48.5 Å². The first-order chi connectivity index (χ1) is 12.7. The second-order valence-corrected chi connectivity index (χ2v) is 6.13. The number of rotatable bonds is 2. The molecule has 26 heavy (non-hydrogen) atoms. The Kier molecular flexibility index (Phi) is 3.12. The molecule has 0 radical (unpaired) electrons. The second-order valence-electron chi connectivity index (χ2n) is 6.13. The Morgan fingerprint density at radius 3 is 2.65 bits per heavy atom. The van der Waals surface area contributed by atoms with Crippen molar-refractivity contribution in [3.63, 3.8) is 0 Å². The van der Waals surface area contributed by atoms with E-state index in [9.17, 15) is 4.79 Å². The molecular weight excluding hydrogens is 332 g/mol. The van der Waals surface area contributed by atoms with Crippen molar-refractivity contribution in [2.45, 2.75) is 0 Å². The molecule has 5 rings (SSSR count). The van der Waals surface area contributed by atoms with Crippen molar-refractivity contribution in [2.75, 3.05) is 6.79 Å². The first kappa shape index (κ1) is 14.8. The highest BCUT2D eigenvalue weighted by Crippen LogP contribution is 2.38. The maximum atomic E-state index is 12.8. The Bertz CT molecular complexity index is 1190. The van der Waals surface area contributed by atoms with E-state index in [1.54, 1.807) is 17.8 Å². The van der Waals surface area contributed by atoms with Gasteiger partial charge in [-0.05, 0) is 17.7 Å². The summed E-state index contributed by atoms with van der Waals surface area (Å²) >= 11 is 0. The summed E-state index contributed by atoms with van der Waals surface area (Å²) < 4.78 is 18.0. The number of fused-ring (bicyclic) bond motifs is 2. The molecule has 0 saturated carbocycles. The number of pyridine rings is 1. The van der Waals surface area contributed by atoms with E-state index in [0.717, 1.165) is 16.7 Å². The maximum Gasteiger partial charge on any atom is 0.263 e. The van der Waals surface area contributed by atoms with Crippen LogP contribution in [0.1, 0.15) is 0 Å². The number of nitrogens with zero attached hydrogens (tertiary/aromatic N) is 2. The number of benzene rings is 2. The van der Waals surface area contributed by atoms with E-state index in [0.29, 0.717) is 28.2 Å². The molecule has 6 nitrogen and oxygen atoms in total. The van der Waals surface area contributed by atoms with Crippen molar-refractivity contribution in [3.8, 4) is 33.9 Å². The Morgan fingerprint density at radius 1 is 1.00 bits per heavy atom. The van der Waals surface area contributed by atoms with E-state index < -0.39 is 0 Å². The topological polar surface area (TPSA) is 66.5 Å². The smallest absolute Gasteiger partial charge is 0.263 e. The van der Waals surface area contributed by atoms with Crippen molar-refractivity contribution in [3.05, 3.63) is 65.1 Å². The van der Waals surface area contributed by atoms with Crippen molar-refractivity contribution in [2.24, 2.45) is 7.05 Å². The van der Waals surface area contributed by atoms with Crippen LogP contribution in [0.4, 0.5) is 0 Å². The highest BCUT2D eigenvalue weighted by atomic mass is 16.7. The van der Waals surface area contributed by atoms with Gasteiger partial charge in [0.2, 0.25) is 6.79 Å². The Morgan fingerprint density at radius 2 is 1.81 bits per heavy atom. The van der Waals surface area contributed by atoms with Gasteiger partial charge in [-0.15, -0.1) is 0 Å². The summed E-state index contributed by atoms with van der Waals surface area (Å²) in [4.78, 5) is 12.8. The molecule has 4 aromatic rings. The van der Waals surface area contributed by atoms with Crippen molar-refractivity contribution in [1.29, 1.82) is 0 Å². The molecule has 1 aliphatic heterocycles. The van der Waals surface area contributed by atoms with Crippen LogP contribution in [0.25, 0.3) is 33.4 Å². The van der Waals surface area contributed by atoms with Gasteiger partial charge in [0.1, 0.15) is 11.1 Å². The molecule has 0 aliphatic carbocycles. The van der Waals surface area contributed by atoms with Gasteiger partial charge in [0.05, 0.1) is 0 Å². The second kappa shape index (κ2) is 5.49. The van der Waals surface area contributed by atoms with Crippen LogP contribution in [0.5, 0.6) is 11.5 Å². The van der Waals surface area contributed by atoms with Crippen LogP contribution < -0.4 is 15.0 Å². The van der Waals surface area contributed by atoms with Crippen LogP contribution in [0.3, 0.4) is 0 Å². The molecule has 0 fully saturated rings. The van der Waals surface area contributed by atoms with E-state index in [2.05, 4.69) is 5.16 Å². The van der Waals surface area contributed by atoms with Crippen LogP contribution >= 0.6 is 0 Å². The molecule has 6 heteroatoms. The predicted molar refractivity (Wildman–Crippen MR) is 96.2 cm³/mol. The van der Waals surface area contributed by atoms with Crippen LogP contribution in [0, 0.1) is 0 Å². The standard InChI is InChI=1S/C20H14N2O4/c1-22-10-14(13-7-8-15-16(9-13)25-11-24-15)19-17(20(22)23)18(21-26-19)12-5-3-2-4-6-12/h2-10H,11H2,1H3. The summed E-state index contributed by atoms with van der Waals surface area (Å²) in [6.07, 6.45) is 1.75. The van der Waals surface area contributed by atoms with Gasteiger partial charge >= 0.3 is 0 Å². The van der Waals surface area contributed by atoms with Gasteiger partial charge < -0.3 is 18.6 Å². The fraction of sp³-hybridized carbons (Fsp3) is 0.100. The van der Waals surface area contributed by atoms with Crippen molar-refractivity contribution in [1.82, 2.24) is 9.72 Å². The zero-order chi connectivity index (χ0) is 17.7. The lowest BCUT2D eigenvalue weighted by Gasteiger charge is -2.06. The third-order valence-corrected chi connectivity index (χ3v) is 4.52. The molecule has 0 saturated heterocycles. The van der Waals surface area contributed by atoms with Crippen LogP contribution in [-0.2, 0) is 7.05 Å². The molecule has 2 aromatic carbocycles. The largest absolute Gasteiger partial charge is 0.454 e. The molecule has 0 N–H and O–H groups in total. The highest BCUT2D eigenvalue weighted by Gasteiger charge is 2.21. The number of hydrogen-bond acceptors (Lipinski definition) is 5. The molecule has 3 heterocycles. The average Bonchev–Trinajstić information content (AvgIpc) is 3.32. The zero-order valence-corrected chi connectivity index (χ0v) is 13.9. The lowest BCUT2D eigenvalue weighted by molar-refractivity contribution is 0.174. The molecule has 2 aromatic heterocycles. The Hall–Kier alpha value is -3.54. The third kappa shape index (κ3) is 2.12. The summed E-state index contributed by atoms with van der Waals surface area (Å²) in [6.45, 7) is 0.210. The summed E-state index contributed by atoms with van der Waals surface area (Å²) in [5.41, 5.74) is 3.34. The maximum absolute atomic E-state index is 12.8. The molecule has 0 amide bonds. The molecular formula is C20H14N2O4. The fourth-order valence-electron chi connectivity index (χ4n) is 3.22. The van der Waals surface area contributed by atoms with E-state index in [4.69, 9.17) is 14.0 Å². The van der Waals surface area contributed by atoms with Crippen LogP contribution in [0.15, 0.2) is 64.0 Å². The predicted octanol–water partition coefficient (Wildman–Crippen LogP) is 3.59. The van der Waals surface area contributed by atoms with Gasteiger partial charge in [-0.1, -0.05) is 41.6 Å². The van der Waals surface area contributed by atoms with Gasteiger partial charge in [0.15, 0.2) is 17.1 Å². The van der Waals surface area contributed by atoms with Crippen molar-refractivity contribution >= 4 is 11.0 Å². The van der Waals surface area contributed by atoms with Crippen LogP contribution in [-0.4, -0.2) is 16.5 Å². The number of aromatic nitrogens is 2. The minimum Gasteiger partial charge on any atom is -0.454 e. The Labute approximate surface area is 148 Å². The minimum atomic E-state index is -0.149. The van der Waals surface area contributed by atoms with E-state index in [-0.39, 0.29) is 12.4 Å². The van der Waals surface area contributed by atoms with Gasteiger partial charge in [-0.2, -0.15) is 0 Å². The molecule has 0 atom stereocenters. The molecule has 1 aliphatic rings. The highest BCUT2D eigenvalue weighted by molar-refractivity contribution is 5.99. The summed E-state index contributed by atoms with van der Waals surface area (Å²) in [5, 5.41) is 4.65. The number of aryl methyl sites for hydroxylation is 1. The molecule has 0 bridgehead atoms. The average molecular weight is 346 g/mol. The molecule has 0 spiro atoms. The van der Waals surface area contributed by atoms with Gasteiger partial charge in [0, 0.05) is 24.4 Å². The zero-order valence-electron chi connectivity index (χ0n) is 13.9. The minimum absolute atomic E-state index is 0.149. The van der Waals surface area contributed by atoms with Gasteiger partial charge in [0.25, 0.3) is 5.56 Å². The van der Waals surface area contributed by atoms with Crippen molar-refractivity contribution < 1.29 is 14.0 Å². The third-order valence-electron chi connectivity index (χ3n) is 4.52. The lowest BCUT2D eigenvalue weighted by atomic mass is 10.0. The summed E-state index contributed by atoms with van der Waals surface area (Å²) in [7, 11) is 1.72. The number of ether oxygens (including phenoxy) is 2. The quantitative estimate of drug-likeness (QED) is 0.555. The Balaban J connectivity index is 1.79. The first-order valence-corrected chi connectivity index (χ1v) is 8.17. The summed E-state index contributed by atoms with van der Waals surface area (Å²) in [5.74, 6) is 1.38. The normalized spacial score (nSPS) is 12.7. The SMILES string of the molecule is Cn1cc(-c2ccc3c(c2)OCO3)c2onc(-c3ccccc3)c2c1=O. The van der Waals surface area contributed by atoms with Gasteiger partial charge in [-0.25, -0.2) is 0 Å². The first-order valence-electron chi connectivity index (χ1n) is 8.17. The van der Waals surface area contributed by atoms with Crippen LogP contribution in [0.2, 0.25) is 0 Å². The lowest BCUT2D eigenvalue weighted by Crippen LogP contribution is -2.16. The fourth-order valence-corrected chi connectivity index (χ4v) is 3.22. The summed E-state index contributed by atoms with van der Waals surface area (Å²) in [6, 6.07) is 15.2. The van der Waals surface area contributed by atoms with Gasteiger partial charge in [-0.3, -0.25) is 4.79 Å². The monoisotopic (exact) mass is 346 g/mol. The van der Waals surface area contributed by atoms with E-state index in [1.165, 1.54) is 0 Å². The molecule has 128 valence electrons. The molecule has 0 unspecified atom stereocenters.